The molecule has 1 heterocycles. The van der Waals surface area contributed by atoms with Gasteiger partial charge >= 0.3 is 0 Å². The molecule has 2 N–H and O–H groups in total. The molecule has 1 aliphatic rings. The number of nitrogens with two attached hydrogens (primary N) is 1. The van der Waals surface area contributed by atoms with Gasteiger partial charge in [-0.25, -0.2) is 0 Å². The number of rotatable bonds is 4. The first kappa shape index (κ1) is 15.6. The summed E-state index contributed by atoms with van der Waals surface area (Å²) in [7, 11) is 0. The van der Waals surface area contributed by atoms with Gasteiger partial charge in [0.15, 0.2) is 0 Å². The lowest BCUT2D eigenvalue weighted by atomic mass is 9.85. The van der Waals surface area contributed by atoms with Crippen LogP contribution in [0.5, 0.6) is 0 Å². The van der Waals surface area contributed by atoms with Crippen LogP contribution in [0.2, 0.25) is 5.02 Å². The van der Waals surface area contributed by atoms with E-state index in [1.165, 1.54) is 5.69 Å². The molecule has 1 fully saturated rings. The molecule has 0 radical (unpaired) electrons. The van der Waals surface area contributed by atoms with E-state index in [9.17, 15) is 0 Å². The van der Waals surface area contributed by atoms with Gasteiger partial charge in [-0.3, -0.25) is 4.90 Å². The highest BCUT2D eigenvalue weighted by molar-refractivity contribution is 6.30. The van der Waals surface area contributed by atoms with Crippen LogP contribution in [-0.4, -0.2) is 43.7 Å². The maximum Gasteiger partial charge on any atom is 0.0426 e. The normalized spacial score (nSPS) is 19.1. The van der Waals surface area contributed by atoms with Crippen molar-refractivity contribution in [2.24, 2.45) is 11.1 Å². The zero-order valence-electron chi connectivity index (χ0n) is 12.8. The standard InChI is InChI=1S/C16H26ClN3/c1-13(18)16(2,3)12-19-7-9-20(10-8-19)15-6-4-5-14(17)11-15/h4-6,11,13H,7-10,12,18H2,1-3H3. The third-order valence-electron chi connectivity index (χ3n) is 4.41. The number of halogens is 1. The van der Waals surface area contributed by atoms with Gasteiger partial charge in [0, 0.05) is 49.5 Å². The van der Waals surface area contributed by atoms with Crippen molar-refractivity contribution >= 4 is 17.3 Å². The molecular weight excluding hydrogens is 270 g/mol. The molecule has 0 amide bonds. The van der Waals surface area contributed by atoms with Crippen molar-refractivity contribution in [2.45, 2.75) is 26.8 Å². The van der Waals surface area contributed by atoms with Crippen molar-refractivity contribution in [3.63, 3.8) is 0 Å². The van der Waals surface area contributed by atoms with E-state index in [4.69, 9.17) is 17.3 Å². The smallest absolute Gasteiger partial charge is 0.0426 e. The van der Waals surface area contributed by atoms with Gasteiger partial charge in [-0.05, 0) is 30.5 Å². The summed E-state index contributed by atoms with van der Waals surface area (Å²) in [6, 6.07) is 8.33. The van der Waals surface area contributed by atoms with Crippen molar-refractivity contribution in [1.82, 2.24) is 4.90 Å². The predicted molar refractivity (Wildman–Crippen MR) is 87.5 cm³/mol. The first-order chi connectivity index (χ1) is 9.38. The molecule has 112 valence electrons. The SMILES string of the molecule is CC(N)C(C)(C)CN1CCN(c2cccc(Cl)c2)CC1. The molecule has 1 atom stereocenters. The molecule has 0 aliphatic carbocycles. The quantitative estimate of drug-likeness (QED) is 0.927. The zero-order chi connectivity index (χ0) is 14.8. The molecular formula is C16H26ClN3. The fraction of sp³-hybridized carbons (Fsp3) is 0.625. The maximum absolute atomic E-state index is 6.07. The van der Waals surface area contributed by atoms with Gasteiger partial charge < -0.3 is 10.6 Å². The van der Waals surface area contributed by atoms with E-state index in [0.29, 0.717) is 0 Å². The van der Waals surface area contributed by atoms with Gasteiger partial charge in [0.2, 0.25) is 0 Å². The average molecular weight is 296 g/mol. The Hall–Kier alpha value is -0.770. The van der Waals surface area contributed by atoms with Gasteiger partial charge in [0.05, 0.1) is 0 Å². The lowest BCUT2D eigenvalue weighted by Crippen LogP contribution is -2.51. The highest BCUT2D eigenvalue weighted by Gasteiger charge is 2.27. The Morgan fingerprint density at radius 3 is 2.45 bits per heavy atom. The minimum absolute atomic E-state index is 0.165. The van der Waals surface area contributed by atoms with E-state index in [-0.39, 0.29) is 11.5 Å². The monoisotopic (exact) mass is 295 g/mol. The van der Waals surface area contributed by atoms with Crippen molar-refractivity contribution in [2.75, 3.05) is 37.6 Å². The number of piperazine rings is 1. The van der Waals surface area contributed by atoms with E-state index in [1.54, 1.807) is 0 Å². The topological polar surface area (TPSA) is 32.5 Å². The van der Waals surface area contributed by atoms with Crippen LogP contribution in [0.25, 0.3) is 0 Å². The Bertz CT molecular complexity index is 437. The molecule has 3 nitrogen and oxygen atoms in total. The van der Waals surface area contributed by atoms with Crippen molar-refractivity contribution in [3.8, 4) is 0 Å². The van der Waals surface area contributed by atoms with E-state index in [1.807, 2.05) is 18.2 Å². The van der Waals surface area contributed by atoms with Crippen molar-refractivity contribution in [3.05, 3.63) is 29.3 Å². The minimum atomic E-state index is 0.165. The van der Waals surface area contributed by atoms with Gasteiger partial charge in [-0.1, -0.05) is 31.5 Å². The summed E-state index contributed by atoms with van der Waals surface area (Å²) in [4.78, 5) is 4.92. The van der Waals surface area contributed by atoms with Gasteiger partial charge in [-0.2, -0.15) is 0 Å². The van der Waals surface area contributed by atoms with E-state index in [0.717, 1.165) is 37.7 Å². The molecule has 1 aromatic carbocycles. The van der Waals surface area contributed by atoms with Crippen LogP contribution in [0.3, 0.4) is 0 Å². The van der Waals surface area contributed by atoms with Crippen LogP contribution in [-0.2, 0) is 0 Å². The second-order valence-corrected chi connectivity index (χ2v) is 6.96. The third kappa shape index (κ3) is 3.87. The Kier molecular flexibility index (Phi) is 4.95. The molecule has 1 saturated heterocycles. The van der Waals surface area contributed by atoms with Gasteiger partial charge in [0.25, 0.3) is 0 Å². The molecule has 4 heteroatoms. The summed E-state index contributed by atoms with van der Waals surface area (Å²) < 4.78 is 0. The van der Waals surface area contributed by atoms with Crippen LogP contribution in [0.1, 0.15) is 20.8 Å². The van der Waals surface area contributed by atoms with Crippen LogP contribution >= 0.6 is 11.6 Å². The highest BCUT2D eigenvalue weighted by Crippen LogP contribution is 2.24. The largest absolute Gasteiger partial charge is 0.369 e. The third-order valence-corrected chi connectivity index (χ3v) is 4.64. The molecule has 20 heavy (non-hydrogen) atoms. The first-order valence-electron chi connectivity index (χ1n) is 7.37. The molecule has 1 unspecified atom stereocenters. The van der Waals surface area contributed by atoms with E-state index >= 15 is 0 Å². The molecule has 1 aromatic rings. The summed E-state index contributed by atoms with van der Waals surface area (Å²) in [5, 5.41) is 0.808. The average Bonchev–Trinajstić information content (AvgIpc) is 2.39. The minimum Gasteiger partial charge on any atom is -0.369 e. The predicted octanol–water partition coefficient (Wildman–Crippen LogP) is 2.84. The van der Waals surface area contributed by atoms with Crippen LogP contribution in [0.4, 0.5) is 5.69 Å². The summed E-state index contributed by atoms with van der Waals surface area (Å²) >= 11 is 6.06. The number of hydrogen-bond donors (Lipinski definition) is 1. The lowest BCUT2D eigenvalue weighted by Gasteiger charge is -2.41. The Labute approximate surface area is 127 Å². The summed E-state index contributed by atoms with van der Waals surface area (Å²) in [5.41, 5.74) is 7.46. The Morgan fingerprint density at radius 1 is 1.25 bits per heavy atom. The summed E-state index contributed by atoms with van der Waals surface area (Å²) in [6.07, 6.45) is 0. The molecule has 2 rings (SSSR count). The molecule has 0 saturated carbocycles. The second kappa shape index (κ2) is 6.33. The van der Waals surface area contributed by atoms with Gasteiger partial charge in [-0.15, -0.1) is 0 Å². The Morgan fingerprint density at radius 2 is 1.90 bits per heavy atom. The number of anilines is 1. The van der Waals surface area contributed by atoms with Crippen LogP contribution in [0.15, 0.2) is 24.3 Å². The lowest BCUT2D eigenvalue weighted by molar-refractivity contribution is 0.151. The van der Waals surface area contributed by atoms with Crippen molar-refractivity contribution < 1.29 is 0 Å². The van der Waals surface area contributed by atoms with E-state index < -0.39 is 0 Å². The molecule has 1 aliphatic heterocycles. The first-order valence-corrected chi connectivity index (χ1v) is 7.75. The van der Waals surface area contributed by atoms with Gasteiger partial charge in [0.1, 0.15) is 0 Å². The highest BCUT2D eigenvalue weighted by atomic mass is 35.5. The number of benzene rings is 1. The molecule has 0 spiro atoms. The molecule has 0 aromatic heterocycles. The number of nitrogens with zero attached hydrogens (tertiary/aromatic N) is 2. The van der Waals surface area contributed by atoms with Crippen LogP contribution < -0.4 is 10.6 Å². The Balaban J connectivity index is 1.90. The second-order valence-electron chi connectivity index (χ2n) is 6.52. The fourth-order valence-electron chi connectivity index (χ4n) is 2.56. The number of hydrogen-bond acceptors (Lipinski definition) is 3. The summed E-state index contributed by atoms with van der Waals surface area (Å²) in [5.74, 6) is 0. The van der Waals surface area contributed by atoms with Crippen LogP contribution in [0, 0.1) is 5.41 Å². The fourth-order valence-corrected chi connectivity index (χ4v) is 2.74. The van der Waals surface area contributed by atoms with Crippen molar-refractivity contribution in [1.29, 1.82) is 0 Å². The molecule has 0 bridgehead atoms. The maximum atomic E-state index is 6.07. The summed E-state index contributed by atoms with van der Waals surface area (Å²) in [6.45, 7) is 11.9. The van der Waals surface area contributed by atoms with E-state index in [2.05, 4.69) is 36.6 Å². The zero-order valence-corrected chi connectivity index (χ0v) is 13.5.